The van der Waals surface area contributed by atoms with Crippen LogP contribution in [-0.4, -0.2) is 9.97 Å². The van der Waals surface area contributed by atoms with Crippen molar-refractivity contribution in [1.82, 2.24) is 9.97 Å². The van der Waals surface area contributed by atoms with Crippen molar-refractivity contribution >= 4 is 22.7 Å². The number of hydrogen-bond donors (Lipinski definition) is 0. The van der Waals surface area contributed by atoms with Gasteiger partial charge in [0.05, 0.1) is 21.1 Å². The number of rotatable bonds is 1. The van der Waals surface area contributed by atoms with Gasteiger partial charge in [0.15, 0.2) is 0 Å². The molecule has 2 heterocycles. The minimum absolute atomic E-state index is 1.04. The van der Waals surface area contributed by atoms with Crippen molar-refractivity contribution < 1.29 is 0 Å². The highest BCUT2D eigenvalue weighted by molar-refractivity contribution is 7.15. The van der Waals surface area contributed by atoms with Gasteiger partial charge in [0.2, 0.25) is 0 Å². The average molecular weight is 182 g/mol. The van der Waals surface area contributed by atoms with Gasteiger partial charge in [-0.25, -0.2) is 9.97 Å². The maximum absolute atomic E-state index is 4.19. The van der Waals surface area contributed by atoms with Gasteiger partial charge in [0.25, 0.3) is 0 Å². The van der Waals surface area contributed by atoms with Gasteiger partial charge in [-0.1, -0.05) is 0 Å². The van der Waals surface area contributed by atoms with E-state index in [0.717, 1.165) is 15.6 Å². The molecule has 0 radical (unpaired) electrons. The van der Waals surface area contributed by atoms with E-state index in [1.165, 1.54) is 0 Å². The fraction of sp³-hybridized carbons (Fsp3) is 0.143. The molecule has 0 fully saturated rings. The van der Waals surface area contributed by atoms with Crippen LogP contribution in [0.15, 0.2) is 17.1 Å². The molecule has 2 aromatic rings. The third-order valence-electron chi connectivity index (χ3n) is 1.31. The topological polar surface area (TPSA) is 25.8 Å². The van der Waals surface area contributed by atoms with Crippen molar-refractivity contribution in [2.45, 2.75) is 6.92 Å². The molecule has 0 N–H and O–H groups in total. The highest BCUT2D eigenvalue weighted by Crippen LogP contribution is 2.24. The second-order valence-corrected chi connectivity index (χ2v) is 4.07. The van der Waals surface area contributed by atoms with Crippen molar-refractivity contribution in [2.24, 2.45) is 0 Å². The van der Waals surface area contributed by atoms with E-state index in [4.69, 9.17) is 0 Å². The zero-order valence-corrected chi connectivity index (χ0v) is 7.58. The molecule has 0 aliphatic carbocycles. The number of aromatic nitrogens is 2. The van der Waals surface area contributed by atoms with Crippen LogP contribution in [0, 0.1) is 6.92 Å². The molecule has 11 heavy (non-hydrogen) atoms. The number of thiazole rings is 2. The van der Waals surface area contributed by atoms with E-state index >= 15 is 0 Å². The van der Waals surface area contributed by atoms with Crippen molar-refractivity contribution in [2.75, 3.05) is 0 Å². The Kier molecular flexibility index (Phi) is 1.71. The van der Waals surface area contributed by atoms with Gasteiger partial charge in [-0.3, -0.25) is 0 Å². The fourth-order valence-electron chi connectivity index (χ4n) is 0.814. The summed E-state index contributed by atoms with van der Waals surface area (Å²) < 4.78 is 0. The summed E-state index contributed by atoms with van der Waals surface area (Å²) in [5.41, 5.74) is 2.88. The molecular formula is C7H6N2S2. The summed E-state index contributed by atoms with van der Waals surface area (Å²) in [5, 5.41) is 3.13. The Balaban J connectivity index is 2.45. The monoisotopic (exact) mass is 182 g/mol. The summed E-state index contributed by atoms with van der Waals surface area (Å²) in [6.07, 6.45) is 1.87. The van der Waals surface area contributed by atoms with Crippen LogP contribution in [0.3, 0.4) is 0 Å². The van der Waals surface area contributed by atoms with Crippen molar-refractivity contribution in [3.63, 3.8) is 0 Å². The van der Waals surface area contributed by atoms with Gasteiger partial charge in [-0.15, -0.1) is 22.7 Å². The molecule has 2 nitrogen and oxygen atoms in total. The SMILES string of the molecule is Cc1ncc(-c2cscn2)s1. The van der Waals surface area contributed by atoms with Crippen LogP contribution >= 0.6 is 22.7 Å². The Hall–Kier alpha value is -0.740. The summed E-state index contributed by atoms with van der Waals surface area (Å²) in [6, 6.07) is 0. The zero-order chi connectivity index (χ0) is 7.68. The molecular weight excluding hydrogens is 176 g/mol. The van der Waals surface area contributed by atoms with Gasteiger partial charge in [0, 0.05) is 11.6 Å². The quantitative estimate of drug-likeness (QED) is 0.677. The van der Waals surface area contributed by atoms with E-state index in [0.29, 0.717) is 0 Å². The molecule has 0 spiro atoms. The van der Waals surface area contributed by atoms with Crippen LogP contribution < -0.4 is 0 Å². The standard InChI is InChI=1S/C7H6N2S2/c1-5-8-2-7(11-5)6-3-10-4-9-6/h2-4H,1H3. The minimum Gasteiger partial charge on any atom is -0.249 e. The van der Waals surface area contributed by atoms with Crippen molar-refractivity contribution in [3.8, 4) is 10.6 Å². The Labute approximate surface area is 72.6 Å². The summed E-state index contributed by atoms with van der Waals surface area (Å²) in [6.45, 7) is 2.00. The molecule has 4 heteroatoms. The van der Waals surface area contributed by atoms with Gasteiger partial charge < -0.3 is 0 Å². The third kappa shape index (κ3) is 1.32. The lowest BCUT2D eigenvalue weighted by atomic mass is 10.4. The van der Waals surface area contributed by atoms with Gasteiger partial charge in [-0.2, -0.15) is 0 Å². The van der Waals surface area contributed by atoms with E-state index in [-0.39, 0.29) is 0 Å². The molecule has 56 valence electrons. The largest absolute Gasteiger partial charge is 0.249 e. The highest BCUT2D eigenvalue weighted by atomic mass is 32.1. The fourth-order valence-corrected chi connectivity index (χ4v) is 2.19. The second-order valence-electron chi connectivity index (χ2n) is 2.12. The van der Waals surface area contributed by atoms with E-state index in [2.05, 4.69) is 9.97 Å². The first-order valence-electron chi connectivity index (χ1n) is 3.17. The summed E-state index contributed by atoms with van der Waals surface area (Å²) in [5.74, 6) is 0. The molecule has 0 aliphatic heterocycles. The molecule has 2 rings (SSSR count). The maximum Gasteiger partial charge on any atom is 0.0927 e. The number of hydrogen-bond acceptors (Lipinski definition) is 4. The zero-order valence-electron chi connectivity index (χ0n) is 5.94. The predicted molar refractivity (Wildman–Crippen MR) is 48.0 cm³/mol. The van der Waals surface area contributed by atoms with Gasteiger partial charge in [0.1, 0.15) is 0 Å². The van der Waals surface area contributed by atoms with Crippen LogP contribution in [0.25, 0.3) is 10.6 Å². The average Bonchev–Trinajstić information content (AvgIpc) is 2.55. The number of nitrogens with zero attached hydrogens (tertiary/aromatic N) is 2. The van der Waals surface area contributed by atoms with Crippen molar-refractivity contribution in [1.29, 1.82) is 0 Å². The lowest BCUT2D eigenvalue weighted by molar-refractivity contribution is 1.29. The summed E-state index contributed by atoms with van der Waals surface area (Å²) >= 11 is 3.29. The van der Waals surface area contributed by atoms with E-state index in [1.807, 2.05) is 24.0 Å². The lowest BCUT2D eigenvalue weighted by Crippen LogP contribution is -1.66. The van der Waals surface area contributed by atoms with Crippen LogP contribution in [0.5, 0.6) is 0 Å². The minimum atomic E-state index is 1.04. The van der Waals surface area contributed by atoms with Gasteiger partial charge in [-0.05, 0) is 6.92 Å². The Morgan fingerprint density at radius 2 is 2.27 bits per heavy atom. The molecule has 0 bridgehead atoms. The van der Waals surface area contributed by atoms with Crippen LogP contribution in [0.4, 0.5) is 0 Å². The maximum atomic E-state index is 4.19. The Morgan fingerprint density at radius 3 is 2.82 bits per heavy atom. The molecule has 0 atom stereocenters. The molecule has 0 saturated carbocycles. The molecule has 0 aromatic carbocycles. The summed E-state index contributed by atoms with van der Waals surface area (Å²) in [7, 11) is 0. The smallest absolute Gasteiger partial charge is 0.0927 e. The van der Waals surface area contributed by atoms with E-state index in [1.54, 1.807) is 22.7 Å². The van der Waals surface area contributed by atoms with Gasteiger partial charge >= 0.3 is 0 Å². The molecule has 0 amide bonds. The first-order chi connectivity index (χ1) is 5.36. The Morgan fingerprint density at radius 1 is 1.36 bits per heavy atom. The molecule has 2 aromatic heterocycles. The first kappa shape index (κ1) is 6.94. The molecule has 0 saturated heterocycles. The highest BCUT2D eigenvalue weighted by Gasteiger charge is 2.01. The van der Waals surface area contributed by atoms with E-state index in [9.17, 15) is 0 Å². The van der Waals surface area contributed by atoms with Crippen LogP contribution in [0.2, 0.25) is 0 Å². The predicted octanol–water partition coefficient (Wildman–Crippen LogP) is 2.58. The van der Waals surface area contributed by atoms with E-state index < -0.39 is 0 Å². The van der Waals surface area contributed by atoms with Crippen LogP contribution in [-0.2, 0) is 0 Å². The van der Waals surface area contributed by atoms with Crippen molar-refractivity contribution in [3.05, 3.63) is 22.1 Å². The van der Waals surface area contributed by atoms with Crippen LogP contribution in [0.1, 0.15) is 5.01 Å². The Bertz CT molecular complexity index is 337. The summed E-state index contributed by atoms with van der Waals surface area (Å²) in [4.78, 5) is 9.50. The third-order valence-corrected chi connectivity index (χ3v) is 2.83. The molecule has 0 aliphatic rings. The lowest BCUT2D eigenvalue weighted by Gasteiger charge is -1.83. The normalized spacial score (nSPS) is 10.3. The second kappa shape index (κ2) is 2.71. The molecule has 0 unspecified atom stereocenters. The first-order valence-corrected chi connectivity index (χ1v) is 4.93. The number of aryl methyl sites for hydroxylation is 1.